The van der Waals surface area contributed by atoms with E-state index in [1.807, 2.05) is 0 Å². The van der Waals surface area contributed by atoms with E-state index >= 15 is 0 Å². The van der Waals surface area contributed by atoms with Gasteiger partial charge in [0.05, 0.1) is 29.9 Å². The molecule has 0 unspecified atom stereocenters. The van der Waals surface area contributed by atoms with Gasteiger partial charge < -0.3 is 23.7 Å². The number of esters is 2. The van der Waals surface area contributed by atoms with Crippen LogP contribution in [0.1, 0.15) is 53.1 Å². The van der Waals surface area contributed by atoms with Gasteiger partial charge in [0.2, 0.25) is 5.75 Å². The summed E-state index contributed by atoms with van der Waals surface area (Å²) in [7, 11) is -1.37. The maximum Gasteiger partial charge on any atom is 0.338 e. The molecule has 1 aliphatic carbocycles. The van der Waals surface area contributed by atoms with Crippen LogP contribution in [0.15, 0.2) is 30.3 Å². The first-order valence-corrected chi connectivity index (χ1v) is 10.6. The number of rotatable bonds is 8. The van der Waals surface area contributed by atoms with E-state index in [-0.39, 0.29) is 48.5 Å². The third-order valence-corrected chi connectivity index (χ3v) is 5.97. The van der Waals surface area contributed by atoms with E-state index in [4.69, 9.17) is 27.8 Å². The Bertz CT molecular complexity index is 1140. The Balaban J connectivity index is 1.77. The molecule has 0 bridgehead atoms. The van der Waals surface area contributed by atoms with Crippen LogP contribution in [0, 0.1) is 5.41 Å². The lowest BCUT2D eigenvalue weighted by atomic mass is 9.69. The number of methoxy groups -OCH3 is 2. The number of hydrogen-bond donors (Lipinski definition) is 0. The highest BCUT2D eigenvalue weighted by Crippen LogP contribution is 2.48. The summed E-state index contributed by atoms with van der Waals surface area (Å²) in [6.07, 6.45) is 1.80. The van der Waals surface area contributed by atoms with E-state index < -0.39 is 12.5 Å². The minimum Gasteiger partial charge on any atom is -0.493 e. The summed E-state index contributed by atoms with van der Waals surface area (Å²) in [5.74, 6) is -0.514. The second-order valence-electron chi connectivity index (χ2n) is 8.40. The van der Waals surface area contributed by atoms with Gasteiger partial charge in [-0.2, -0.15) is 0 Å². The lowest BCUT2D eigenvalue weighted by Gasteiger charge is -2.39. The van der Waals surface area contributed by atoms with E-state index in [0.717, 1.165) is 6.42 Å². The smallest absolute Gasteiger partial charge is 0.338 e. The van der Waals surface area contributed by atoms with Crippen molar-refractivity contribution in [2.45, 2.75) is 45.8 Å². The Hall–Kier alpha value is -3.22. The predicted octanol–water partition coefficient (Wildman–Crippen LogP) is 4.54. The van der Waals surface area contributed by atoms with Crippen molar-refractivity contribution < 1.29 is 37.4 Å². The Morgan fingerprint density at radius 3 is 2.59 bits per heavy atom. The molecular weight excluding hydrogens is 412 g/mol. The molecule has 0 aromatic heterocycles. The largest absolute Gasteiger partial charge is 0.493 e. The molecule has 0 N–H and O–H groups in total. The normalized spacial score (nSPS) is 17.9. The van der Waals surface area contributed by atoms with Crippen LogP contribution in [0.4, 0.5) is 0 Å². The standard InChI is InChI=1S/C25H28O7/c1-15(2)32-24(27)25(10-5-11-25)14-31-21-18(8-9-20(28-3)22(21)29-4)16-6-7-19-17(12-16)13-30-23(19)26/h6-9,12,15H,5,10-11,13-14H2,1-4H3/i4D3. The molecule has 1 aliphatic heterocycles. The Morgan fingerprint density at radius 2 is 1.94 bits per heavy atom. The molecule has 7 nitrogen and oxygen atoms in total. The molecule has 0 saturated heterocycles. The van der Waals surface area contributed by atoms with E-state index in [2.05, 4.69) is 0 Å². The van der Waals surface area contributed by atoms with Gasteiger partial charge in [0.15, 0.2) is 11.5 Å². The average molecular weight is 444 g/mol. The van der Waals surface area contributed by atoms with Crippen LogP contribution in [0.5, 0.6) is 17.2 Å². The monoisotopic (exact) mass is 443 g/mol. The van der Waals surface area contributed by atoms with E-state index in [0.29, 0.717) is 35.1 Å². The van der Waals surface area contributed by atoms with Crippen molar-refractivity contribution in [1.82, 2.24) is 0 Å². The maximum absolute atomic E-state index is 12.8. The quantitative estimate of drug-likeness (QED) is 0.554. The third-order valence-electron chi connectivity index (χ3n) is 5.97. The van der Waals surface area contributed by atoms with Crippen molar-refractivity contribution in [3.8, 4) is 28.4 Å². The number of hydrogen-bond acceptors (Lipinski definition) is 7. The molecule has 1 saturated carbocycles. The molecule has 2 aliphatic rings. The molecule has 0 atom stereocenters. The van der Waals surface area contributed by atoms with Crippen LogP contribution in [0.2, 0.25) is 0 Å². The number of benzene rings is 2. The lowest BCUT2D eigenvalue weighted by molar-refractivity contribution is -0.168. The molecule has 0 spiro atoms. The van der Waals surface area contributed by atoms with Gasteiger partial charge in [0.1, 0.15) is 18.6 Å². The van der Waals surface area contributed by atoms with Crippen LogP contribution < -0.4 is 14.2 Å². The van der Waals surface area contributed by atoms with Crippen LogP contribution in [-0.2, 0) is 20.9 Å². The fourth-order valence-electron chi connectivity index (χ4n) is 4.03. The highest BCUT2D eigenvalue weighted by atomic mass is 16.6. The molecule has 1 fully saturated rings. The number of fused-ring (bicyclic) bond motifs is 1. The summed E-state index contributed by atoms with van der Waals surface area (Å²) in [6.45, 7) is 3.71. The average Bonchev–Trinajstić information content (AvgIpc) is 3.12. The second kappa shape index (κ2) is 8.73. The van der Waals surface area contributed by atoms with Gasteiger partial charge in [-0.05, 0) is 56.5 Å². The molecule has 2 aromatic carbocycles. The van der Waals surface area contributed by atoms with Gasteiger partial charge in [0.25, 0.3) is 0 Å². The SMILES string of the molecule is [2H]C([2H])([2H])Oc1c(OC)ccc(-c2ccc3c(c2)COC3=O)c1OCC1(C(=O)OC(C)C)CCC1. The third kappa shape index (κ3) is 3.87. The maximum atomic E-state index is 12.8. The molecular formula is C25H28O7. The van der Waals surface area contributed by atoms with Crippen molar-refractivity contribution in [1.29, 1.82) is 0 Å². The molecule has 0 amide bonds. The van der Waals surface area contributed by atoms with E-state index in [1.54, 1.807) is 44.2 Å². The lowest BCUT2D eigenvalue weighted by Crippen LogP contribution is -2.45. The molecule has 4 rings (SSSR count). The van der Waals surface area contributed by atoms with Gasteiger partial charge in [-0.1, -0.05) is 12.5 Å². The molecule has 7 heteroatoms. The molecule has 170 valence electrons. The first-order chi connectivity index (χ1) is 16.5. The fraction of sp³-hybridized carbons (Fsp3) is 0.440. The highest BCUT2D eigenvalue weighted by molar-refractivity contribution is 5.94. The van der Waals surface area contributed by atoms with Crippen LogP contribution in [0.3, 0.4) is 0 Å². The number of cyclic esters (lactones) is 1. The first-order valence-electron chi connectivity index (χ1n) is 12.1. The summed E-state index contributed by atoms with van der Waals surface area (Å²) in [5.41, 5.74) is 1.57. The van der Waals surface area contributed by atoms with Crippen molar-refractivity contribution in [3.05, 3.63) is 41.5 Å². The predicted molar refractivity (Wildman–Crippen MR) is 117 cm³/mol. The second-order valence-corrected chi connectivity index (χ2v) is 8.40. The van der Waals surface area contributed by atoms with Gasteiger partial charge >= 0.3 is 11.9 Å². The Labute approximate surface area is 191 Å². The topological polar surface area (TPSA) is 80.3 Å². The number of carbonyl (C=O) groups excluding carboxylic acids is 2. The molecule has 0 radical (unpaired) electrons. The number of carbonyl (C=O) groups is 2. The Morgan fingerprint density at radius 1 is 1.16 bits per heavy atom. The van der Waals surface area contributed by atoms with Crippen molar-refractivity contribution in [2.24, 2.45) is 5.41 Å². The zero-order chi connectivity index (χ0) is 25.4. The van der Waals surface area contributed by atoms with Crippen molar-refractivity contribution >= 4 is 11.9 Å². The van der Waals surface area contributed by atoms with Crippen LogP contribution >= 0.6 is 0 Å². The van der Waals surface area contributed by atoms with Crippen molar-refractivity contribution in [2.75, 3.05) is 20.8 Å². The summed E-state index contributed by atoms with van der Waals surface area (Å²) < 4.78 is 50.4. The minimum absolute atomic E-state index is 0.0113. The van der Waals surface area contributed by atoms with Gasteiger partial charge in [-0.25, -0.2) is 4.79 Å². The van der Waals surface area contributed by atoms with Crippen molar-refractivity contribution in [3.63, 3.8) is 0 Å². The molecule has 1 heterocycles. The van der Waals surface area contributed by atoms with E-state index in [1.165, 1.54) is 7.11 Å². The fourth-order valence-corrected chi connectivity index (χ4v) is 4.03. The van der Waals surface area contributed by atoms with Gasteiger partial charge in [-0.3, -0.25) is 4.79 Å². The molecule has 2 aromatic rings. The van der Waals surface area contributed by atoms with Gasteiger partial charge in [-0.15, -0.1) is 0 Å². The van der Waals surface area contributed by atoms with Crippen LogP contribution in [-0.4, -0.2) is 38.8 Å². The van der Waals surface area contributed by atoms with E-state index in [9.17, 15) is 9.59 Å². The van der Waals surface area contributed by atoms with Crippen LogP contribution in [0.25, 0.3) is 11.1 Å². The summed E-state index contributed by atoms with van der Waals surface area (Å²) in [6, 6.07) is 8.49. The summed E-state index contributed by atoms with van der Waals surface area (Å²) in [4.78, 5) is 24.7. The minimum atomic E-state index is -2.77. The zero-order valence-corrected chi connectivity index (χ0v) is 18.4. The van der Waals surface area contributed by atoms with Gasteiger partial charge in [0, 0.05) is 11.1 Å². The zero-order valence-electron chi connectivity index (χ0n) is 21.4. The number of ether oxygens (including phenoxy) is 5. The summed E-state index contributed by atoms with van der Waals surface area (Å²) >= 11 is 0. The molecule has 32 heavy (non-hydrogen) atoms. The Kier molecular flexibility index (Phi) is 5.01. The summed E-state index contributed by atoms with van der Waals surface area (Å²) in [5, 5.41) is 0. The first kappa shape index (κ1) is 18.4. The highest BCUT2D eigenvalue weighted by Gasteiger charge is 2.47.